The van der Waals surface area contributed by atoms with Crippen LogP contribution in [-0.2, 0) is 0 Å². The molecule has 0 saturated heterocycles. The van der Waals surface area contributed by atoms with Crippen LogP contribution < -0.4 is 9.47 Å². The summed E-state index contributed by atoms with van der Waals surface area (Å²) in [5.74, 6) is 0. The topological polar surface area (TPSA) is 18.5 Å². The van der Waals surface area contributed by atoms with Crippen molar-refractivity contribution in [3.05, 3.63) is 72.8 Å². The van der Waals surface area contributed by atoms with Gasteiger partial charge in [-0.25, -0.2) is 0 Å². The summed E-state index contributed by atoms with van der Waals surface area (Å²) in [5, 5.41) is 1.90. The summed E-state index contributed by atoms with van der Waals surface area (Å²) in [4.78, 5) is 13.0. The highest BCUT2D eigenvalue weighted by molar-refractivity contribution is 7.30. The molecule has 0 saturated carbocycles. The third-order valence-corrected chi connectivity index (χ3v) is 12.6. The van der Waals surface area contributed by atoms with Crippen molar-refractivity contribution in [2.24, 2.45) is 0 Å². The maximum Gasteiger partial charge on any atom is 0.173 e. The Bertz CT molecular complexity index is 1440. The fourth-order valence-corrected chi connectivity index (χ4v) is 9.65. The average Bonchev–Trinajstić information content (AvgIpc) is 3.69. The molecule has 0 radical (unpaired) electrons. The van der Waals surface area contributed by atoms with Crippen molar-refractivity contribution in [2.45, 2.75) is 0 Å². The van der Waals surface area contributed by atoms with E-state index in [9.17, 15) is 0 Å². The third-order valence-electron chi connectivity index (χ3n) is 5.20. The van der Waals surface area contributed by atoms with Gasteiger partial charge in [-0.05, 0) is 72.8 Å². The van der Waals surface area contributed by atoms with E-state index in [1.165, 1.54) is 48.8 Å². The lowest BCUT2D eigenvalue weighted by molar-refractivity contribution is 0.427. The summed E-state index contributed by atoms with van der Waals surface area (Å²) >= 11 is 10.8. The molecule has 0 aliphatic carbocycles. The predicted molar refractivity (Wildman–Crippen MR) is 154 cm³/mol. The Kier molecular flexibility index (Phi) is 6.19. The second kappa shape index (κ2) is 9.45. The molecule has 8 heteroatoms. The molecule has 0 aliphatic rings. The Morgan fingerprint density at radius 1 is 0.324 bits per heavy atom. The summed E-state index contributed by atoms with van der Waals surface area (Å²) in [5.41, 5.74) is 0. The van der Waals surface area contributed by atoms with Gasteiger partial charge in [0, 0.05) is 48.8 Å². The van der Waals surface area contributed by atoms with Gasteiger partial charge in [0.05, 0.1) is 14.2 Å². The maximum atomic E-state index is 5.35. The molecule has 0 atom stereocenters. The highest BCUT2D eigenvalue weighted by Gasteiger charge is 2.14. The zero-order chi connectivity index (χ0) is 23.1. The van der Waals surface area contributed by atoms with Gasteiger partial charge < -0.3 is 9.47 Å². The second-order valence-corrected chi connectivity index (χ2v) is 13.7. The molecule has 0 bridgehead atoms. The highest BCUT2D eigenvalue weighted by atomic mass is 32.1. The number of hydrogen-bond donors (Lipinski definition) is 0. The summed E-state index contributed by atoms with van der Waals surface area (Å²) < 4.78 is 10.7. The van der Waals surface area contributed by atoms with Crippen LogP contribution in [0.25, 0.3) is 48.8 Å². The average molecular weight is 555 g/mol. The first-order chi connectivity index (χ1) is 16.7. The van der Waals surface area contributed by atoms with E-state index in [0.717, 1.165) is 10.1 Å². The molecule has 34 heavy (non-hydrogen) atoms. The molecule has 0 amide bonds. The van der Waals surface area contributed by atoms with Gasteiger partial charge in [-0.3, -0.25) is 0 Å². The van der Waals surface area contributed by atoms with E-state index in [1.54, 1.807) is 36.9 Å². The largest absolute Gasteiger partial charge is 0.487 e. The molecule has 6 aromatic rings. The highest BCUT2D eigenvalue weighted by Crippen LogP contribution is 2.46. The van der Waals surface area contributed by atoms with Gasteiger partial charge in [-0.1, -0.05) is 22.7 Å². The fourth-order valence-electron chi connectivity index (χ4n) is 3.54. The van der Waals surface area contributed by atoms with E-state index in [4.69, 9.17) is 9.47 Å². The number of ether oxygens (including phenoxy) is 2. The molecule has 2 nitrogen and oxygen atoms in total. The Morgan fingerprint density at radius 2 is 0.529 bits per heavy atom. The lowest BCUT2D eigenvalue weighted by atomic mass is 10.3. The normalized spacial score (nSPS) is 11.2. The molecule has 0 unspecified atom stereocenters. The first-order valence-corrected chi connectivity index (χ1v) is 15.3. The standard InChI is InChI=1S/C26H18O2S6/c1-27-25-13-11-23(33-25)21-9-7-19(31-21)17-5-3-15(29-17)16-4-6-18(30-16)20-8-10-22(32-20)24-12-14-26(28-2)34-24/h3-14H,1-2H3. The maximum absolute atomic E-state index is 5.35. The molecular formula is C26H18O2S6. The van der Waals surface area contributed by atoms with Crippen LogP contribution in [0.1, 0.15) is 0 Å². The Labute approximate surface area is 222 Å². The van der Waals surface area contributed by atoms with Crippen molar-refractivity contribution in [2.75, 3.05) is 14.2 Å². The van der Waals surface area contributed by atoms with Crippen molar-refractivity contribution in [1.82, 2.24) is 0 Å². The predicted octanol–water partition coefficient (Wildman–Crippen LogP) is 10.4. The number of thiophene rings is 6. The summed E-state index contributed by atoms with van der Waals surface area (Å²) in [6.07, 6.45) is 0. The van der Waals surface area contributed by atoms with Crippen LogP contribution in [0.15, 0.2) is 72.8 Å². The first-order valence-electron chi connectivity index (χ1n) is 10.4. The van der Waals surface area contributed by atoms with Gasteiger partial charge in [0.2, 0.25) is 0 Å². The SMILES string of the molecule is COc1ccc(-c2ccc(-c3ccc(-c4ccc(-c5ccc(-c6ccc(OC)s6)s5)s4)s3)s2)s1. The molecule has 0 fully saturated rings. The van der Waals surface area contributed by atoms with E-state index in [-0.39, 0.29) is 0 Å². The van der Waals surface area contributed by atoms with Crippen LogP contribution >= 0.6 is 68.0 Å². The van der Waals surface area contributed by atoms with Crippen LogP contribution in [-0.4, -0.2) is 14.2 Å². The van der Waals surface area contributed by atoms with Crippen LogP contribution in [0.2, 0.25) is 0 Å². The van der Waals surface area contributed by atoms with Gasteiger partial charge in [0.15, 0.2) is 10.1 Å². The minimum Gasteiger partial charge on any atom is -0.487 e. The van der Waals surface area contributed by atoms with E-state index < -0.39 is 0 Å². The zero-order valence-corrected chi connectivity index (χ0v) is 23.1. The summed E-state index contributed by atoms with van der Waals surface area (Å²) in [7, 11) is 3.44. The van der Waals surface area contributed by atoms with Crippen LogP contribution in [0.3, 0.4) is 0 Å². The minimum atomic E-state index is 0.949. The Hall–Kier alpha value is -2.20. The van der Waals surface area contributed by atoms with E-state index in [1.807, 2.05) is 57.5 Å². The molecule has 170 valence electrons. The van der Waals surface area contributed by atoms with Crippen LogP contribution in [0.5, 0.6) is 10.1 Å². The van der Waals surface area contributed by atoms with Gasteiger partial charge in [0.25, 0.3) is 0 Å². The lowest BCUT2D eigenvalue weighted by Crippen LogP contribution is -1.73. The lowest BCUT2D eigenvalue weighted by Gasteiger charge is -1.93. The number of methoxy groups -OCH3 is 2. The van der Waals surface area contributed by atoms with Crippen LogP contribution in [0, 0.1) is 0 Å². The quantitative estimate of drug-likeness (QED) is 0.195. The fraction of sp³-hybridized carbons (Fsp3) is 0.0769. The third kappa shape index (κ3) is 4.30. The number of rotatable bonds is 7. The molecule has 6 heterocycles. The Morgan fingerprint density at radius 3 is 0.735 bits per heavy atom. The Balaban J connectivity index is 1.22. The van der Waals surface area contributed by atoms with Gasteiger partial charge in [-0.2, -0.15) is 0 Å². The van der Waals surface area contributed by atoms with Crippen molar-refractivity contribution < 1.29 is 9.47 Å². The molecule has 6 aromatic heterocycles. The van der Waals surface area contributed by atoms with E-state index in [0.29, 0.717) is 0 Å². The van der Waals surface area contributed by atoms with Crippen molar-refractivity contribution in [3.8, 4) is 58.9 Å². The number of hydrogen-bond acceptors (Lipinski definition) is 8. The van der Waals surface area contributed by atoms with Crippen molar-refractivity contribution in [3.63, 3.8) is 0 Å². The molecule has 6 rings (SSSR count). The van der Waals surface area contributed by atoms with Crippen molar-refractivity contribution >= 4 is 68.0 Å². The second-order valence-electron chi connectivity index (χ2n) is 7.30. The van der Waals surface area contributed by atoms with E-state index in [2.05, 4.69) is 60.7 Å². The van der Waals surface area contributed by atoms with Gasteiger partial charge in [-0.15, -0.1) is 45.3 Å². The molecule has 0 aromatic carbocycles. The zero-order valence-electron chi connectivity index (χ0n) is 18.2. The van der Waals surface area contributed by atoms with Crippen LogP contribution in [0.4, 0.5) is 0 Å². The summed E-state index contributed by atoms with van der Waals surface area (Å²) in [6, 6.07) is 26.2. The van der Waals surface area contributed by atoms with Gasteiger partial charge >= 0.3 is 0 Å². The van der Waals surface area contributed by atoms with Crippen molar-refractivity contribution in [1.29, 1.82) is 0 Å². The smallest absolute Gasteiger partial charge is 0.173 e. The van der Waals surface area contributed by atoms with E-state index >= 15 is 0 Å². The first kappa shape index (κ1) is 22.3. The van der Waals surface area contributed by atoms with Gasteiger partial charge in [0.1, 0.15) is 0 Å². The molecule has 0 aliphatic heterocycles. The molecule has 0 spiro atoms. The monoisotopic (exact) mass is 554 g/mol. The minimum absolute atomic E-state index is 0.949. The molecule has 0 N–H and O–H groups in total. The molecular weight excluding hydrogens is 537 g/mol. The summed E-state index contributed by atoms with van der Waals surface area (Å²) in [6.45, 7) is 0.